The Morgan fingerprint density at radius 2 is 2.04 bits per heavy atom. The third-order valence-corrected chi connectivity index (χ3v) is 4.86. The maximum absolute atomic E-state index is 12.9. The van der Waals surface area contributed by atoms with Crippen LogP contribution in [0, 0.1) is 6.92 Å². The summed E-state index contributed by atoms with van der Waals surface area (Å²) in [6.07, 6.45) is 1.54. The van der Waals surface area contributed by atoms with E-state index in [4.69, 9.17) is 8.83 Å². The van der Waals surface area contributed by atoms with Gasteiger partial charge in [-0.05, 0) is 32.0 Å². The summed E-state index contributed by atoms with van der Waals surface area (Å²) in [6, 6.07) is 11.3. The number of fused-ring (bicyclic) bond motifs is 1. The van der Waals surface area contributed by atoms with E-state index < -0.39 is 0 Å². The summed E-state index contributed by atoms with van der Waals surface area (Å²) in [6.45, 7) is 3.75. The number of hydrogen-bond acceptors (Lipinski definition) is 6. The van der Waals surface area contributed by atoms with Crippen molar-refractivity contribution in [2.75, 3.05) is 0 Å². The van der Waals surface area contributed by atoms with Gasteiger partial charge in [-0.2, -0.15) is 0 Å². The molecular formula is C18H15N3O3S. The van der Waals surface area contributed by atoms with E-state index in [1.807, 2.05) is 38.1 Å². The molecule has 1 aromatic carbocycles. The van der Waals surface area contributed by atoms with E-state index in [0.29, 0.717) is 22.4 Å². The number of Topliss-reactive ketones (excluding diaryl/α,β-unsaturated/α-hetero) is 1. The van der Waals surface area contributed by atoms with Crippen LogP contribution in [0.5, 0.6) is 0 Å². The number of H-pyrrole nitrogens is 1. The lowest BCUT2D eigenvalue weighted by molar-refractivity contribution is 0.0994. The molecule has 4 rings (SSSR count). The van der Waals surface area contributed by atoms with Crippen LogP contribution >= 0.6 is 11.8 Å². The zero-order valence-electron chi connectivity index (χ0n) is 13.6. The molecule has 1 atom stereocenters. The van der Waals surface area contributed by atoms with Crippen molar-refractivity contribution in [1.29, 1.82) is 0 Å². The second-order valence-electron chi connectivity index (χ2n) is 5.65. The van der Waals surface area contributed by atoms with Crippen molar-refractivity contribution in [3.63, 3.8) is 0 Å². The number of aromatic amines is 1. The largest absolute Gasteiger partial charge is 0.459 e. The highest BCUT2D eigenvalue weighted by molar-refractivity contribution is 8.00. The number of hydrogen-bond donors (Lipinski definition) is 1. The van der Waals surface area contributed by atoms with Crippen molar-refractivity contribution in [3.8, 4) is 11.7 Å². The molecule has 0 saturated heterocycles. The number of para-hydroxylation sites is 1. The van der Waals surface area contributed by atoms with Crippen LogP contribution in [0.4, 0.5) is 0 Å². The summed E-state index contributed by atoms with van der Waals surface area (Å²) in [5.41, 5.74) is 2.53. The molecule has 126 valence electrons. The Hall–Kier alpha value is -2.80. The van der Waals surface area contributed by atoms with E-state index in [0.717, 1.165) is 16.6 Å². The monoisotopic (exact) mass is 353 g/mol. The van der Waals surface area contributed by atoms with E-state index in [9.17, 15) is 4.79 Å². The highest BCUT2D eigenvalue weighted by Crippen LogP contribution is 2.30. The zero-order chi connectivity index (χ0) is 17.4. The molecule has 4 aromatic rings. The first-order valence-electron chi connectivity index (χ1n) is 7.79. The molecule has 0 aliphatic rings. The lowest BCUT2D eigenvalue weighted by Crippen LogP contribution is -2.14. The molecule has 3 aromatic heterocycles. The average Bonchev–Trinajstić information content (AvgIpc) is 3.32. The van der Waals surface area contributed by atoms with Gasteiger partial charge in [0, 0.05) is 22.2 Å². The van der Waals surface area contributed by atoms with Crippen LogP contribution in [0.2, 0.25) is 0 Å². The number of benzene rings is 1. The Morgan fingerprint density at radius 3 is 2.84 bits per heavy atom. The van der Waals surface area contributed by atoms with Crippen molar-refractivity contribution in [2.45, 2.75) is 24.3 Å². The Balaban J connectivity index is 1.57. The second kappa shape index (κ2) is 6.25. The number of carbonyl (C=O) groups excluding carboxylic acids is 1. The number of nitrogens with zero attached hydrogens (tertiary/aromatic N) is 2. The first-order chi connectivity index (χ1) is 12.1. The molecule has 25 heavy (non-hydrogen) atoms. The highest BCUT2D eigenvalue weighted by atomic mass is 32.2. The number of aromatic nitrogens is 3. The smallest absolute Gasteiger partial charge is 0.284 e. The molecule has 0 aliphatic heterocycles. The van der Waals surface area contributed by atoms with Gasteiger partial charge in [-0.3, -0.25) is 4.79 Å². The SMILES string of the molecule is Cc1[nH]c2ccccc2c1C(=O)[C@H](C)Sc1nnc(-c2ccco2)o1. The van der Waals surface area contributed by atoms with Crippen molar-refractivity contribution in [1.82, 2.24) is 15.2 Å². The van der Waals surface area contributed by atoms with E-state index >= 15 is 0 Å². The molecule has 7 heteroatoms. The number of nitrogens with one attached hydrogen (secondary N) is 1. The Labute approximate surface area is 147 Å². The van der Waals surface area contributed by atoms with Crippen LogP contribution in [0.1, 0.15) is 23.0 Å². The van der Waals surface area contributed by atoms with E-state index in [1.165, 1.54) is 18.0 Å². The van der Waals surface area contributed by atoms with Gasteiger partial charge in [0.15, 0.2) is 11.5 Å². The number of thioether (sulfide) groups is 1. The average molecular weight is 353 g/mol. The summed E-state index contributed by atoms with van der Waals surface area (Å²) >= 11 is 1.24. The number of carbonyl (C=O) groups is 1. The van der Waals surface area contributed by atoms with Crippen LogP contribution in [-0.4, -0.2) is 26.2 Å². The predicted molar refractivity (Wildman–Crippen MR) is 94.7 cm³/mol. The predicted octanol–water partition coefficient (Wildman–Crippen LogP) is 4.48. The van der Waals surface area contributed by atoms with Crippen molar-refractivity contribution in [2.24, 2.45) is 0 Å². The van der Waals surface area contributed by atoms with Crippen molar-refractivity contribution in [3.05, 3.63) is 53.9 Å². The van der Waals surface area contributed by atoms with E-state index in [-0.39, 0.29) is 11.0 Å². The zero-order valence-corrected chi connectivity index (χ0v) is 14.5. The van der Waals surface area contributed by atoms with E-state index in [1.54, 1.807) is 12.1 Å². The first-order valence-corrected chi connectivity index (χ1v) is 8.67. The van der Waals surface area contributed by atoms with Crippen LogP contribution in [0.3, 0.4) is 0 Å². The molecule has 0 fully saturated rings. The third kappa shape index (κ3) is 2.87. The highest BCUT2D eigenvalue weighted by Gasteiger charge is 2.24. The van der Waals surface area contributed by atoms with Crippen LogP contribution in [-0.2, 0) is 0 Å². The number of ketones is 1. The fraction of sp³-hybridized carbons (Fsp3) is 0.167. The topological polar surface area (TPSA) is 84.9 Å². The molecule has 3 heterocycles. The Morgan fingerprint density at radius 1 is 1.20 bits per heavy atom. The summed E-state index contributed by atoms with van der Waals surface area (Å²) in [5.74, 6) is 0.832. The van der Waals surface area contributed by atoms with E-state index in [2.05, 4.69) is 15.2 Å². The standard InChI is InChI=1S/C18H15N3O3S/c1-10-15(12-6-3-4-7-13(12)19-10)16(22)11(2)25-18-21-20-17(24-18)14-8-5-9-23-14/h3-9,11,19H,1-2H3/t11-/m0/s1. The van der Waals surface area contributed by atoms with Gasteiger partial charge in [-0.1, -0.05) is 30.0 Å². The molecule has 0 bridgehead atoms. The first kappa shape index (κ1) is 15.7. The number of furan rings is 1. The minimum Gasteiger partial charge on any atom is -0.459 e. The normalized spacial score (nSPS) is 12.6. The summed E-state index contributed by atoms with van der Waals surface area (Å²) in [5, 5.41) is 8.85. The molecule has 0 spiro atoms. The third-order valence-electron chi connectivity index (χ3n) is 3.93. The molecule has 0 unspecified atom stereocenters. The minimum atomic E-state index is -0.359. The molecule has 0 saturated carbocycles. The fourth-order valence-corrected chi connectivity index (χ4v) is 3.50. The maximum Gasteiger partial charge on any atom is 0.284 e. The molecule has 0 aliphatic carbocycles. The van der Waals surface area contributed by atoms with Crippen LogP contribution in [0.25, 0.3) is 22.6 Å². The van der Waals surface area contributed by atoms with Gasteiger partial charge in [-0.25, -0.2) is 0 Å². The van der Waals surface area contributed by atoms with Gasteiger partial charge in [0.05, 0.1) is 11.5 Å². The molecular weight excluding hydrogens is 338 g/mol. The number of aryl methyl sites for hydroxylation is 1. The van der Waals surface area contributed by atoms with Gasteiger partial charge in [0.25, 0.3) is 11.1 Å². The van der Waals surface area contributed by atoms with Crippen molar-refractivity contribution < 1.29 is 13.6 Å². The maximum atomic E-state index is 12.9. The molecule has 0 amide bonds. The molecule has 0 radical (unpaired) electrons. The van der Waals surface area contributed by atoms with Gasteiger partial charge in [0.1, 0.15) is 0 Å². The molecule has 6 nitrogen and oxygen atoms in total. The van der Waals surface area contributed by atoms with Crippen LogP contribution in [0.15, 0.2) is 56.7 Å². The van der Waals surface area contributed by atoms with Gasteiger partial charge < -0.3 is 13.8 Å². The Bertz CT molecular complexity index is 1030. The number of rotatable bonds is 5. The van der Waals surface area contributed by atoms with Gasteiger partial charge in [0.2, 0.25) is 0 Å². The fourth-order valence-electron chi connectivity index (χ4n) is 2.76. The summed E-state index contributed by atoms with van der Waals surface area (Å²) in [7, 11) is 0. The second-order valence-corrected chi connectivity index (χ2v) is 6.94. The summed E-state index contributed by atoms with van der Waals surface area (Å²) < 4.78 is 10.8. The Kier molecular flexibility index (Phi) is 3.93. The van der Waals surface area contributed by atoms with Gasteiger partial charge in [-0.15, -0.1) is 10.2 Å². The minimum absolute atomic E-state index is 0.0256. The lowest BCUT2D eigenvalue weighted by Gasteiger charge is -2.07. The summed E-state index contributed by atoms with van der Waals surface area (Å²) in [4.78, 5) is 16.2. The molecule has 1 N–H and O–H groups in total. The van der Waals surface area contributed by atoms with Crippen molar-refractivity contribution >= 4 is 28.4 Å². The van der Waals surface area contributed by atoms with Crippen LogP contribution < -0.4 is 0 Å². The lowest BCUT2D eigenvalue weighted by atomic mass is 10.1. The quantitative estimate of drug-likeness (QED) is 0.420. The van der Waals surface area contributed by atoms with Gasteiger partial charge >= 0.3 is 0 Å².